The van der Waals surface area contributed by atoms with E-state index in [2.05, 4.69) is 4.90 Å². The van der Waals surface area contributed by atoms with Gasteiger partial charge >= 0.3 is 5.97 Å². The maximum absolute atomic E-state index is 12.6. The first-order chi connectivity index (χ1) is 18.8. The number of carboxylic acids is 1. The van der Waals surface area contributed by atoms with Crippen molar-refractivity contribution in [3.05, 3.63) is 83.4 Å². The van der Waals surface area contributed by atoms with E-state index < -0.39 is 5.97 Å². The molecule has 2 aliphatic rings. The minimum Gasteiger partial charge on any atom is -0.508 e. The lowest BCUT2D eigenvalue weighted by atomic mass is 9.86. The molecule has 2 aliphatic heterocycles. The Bertz CT molecular complexity index is 1320. The molecule has 8 heteroatoms. The summed E-state index contributed by atoms with van der Waals surface area (Å²) in [6, 6.07) is 20.1. The zero-order chi connectivity index (χ0) is 27.9. The Morgan fingerprint density at radius 3 is 2.38 bits per heavy atom. The molecule has 1 fully saturated rings. The predicted molar refractivity (Wildman–Crippen MR) is 148 cm³/mol. The molecular formula is C31H34FNO6. The largest absolute Gasteiger partial charge is 0.508 e. The molecule has 206 valence electrons. The molecule has 3 N–H and O–H groups in total. The quantitative estimate of drug-likeness (QED) is 0.329. The molecule has 3 aromatic rings. The number of alkyl halides is 1. The Morgan fingerprint density at radius 2 is 1.74 bits per heavy atom. The lowest BCUT2D eigenvalue weighted by molar-refractivity contribution is -0.136. The number of carbonyl (C=O) groups is 1. The van der Waals surface area contributed by atoms with Gasteiger partial charge < -0.3 is 24.8 Å². The van der Waals surface area contributed by atoms with Crippen molar-refractivity contribution in [2.45, 2.75) is 26.4 Å². The molecule has 0 saturated carbocycles. The van der Waals surface area contributed by atoms with E-state index in [4.69, 9.17) is 14.6 Å². The van der Waals surface area contributed by atoms with E-state index in [1.54, 1.807) is 37.3 Å². The first-order valence-corrected chi connectivity index (χ1v) is 13.0. The van der Waals surface area contributed by atoms with Crippen LogP contribution in [0.5, 0.6) is 23.0 Å². The van der Waals surface area contributed by atoms with E-state index in [0.29, 0.717) is 12.4 Å². The molecule has 0 radical (unpaired) electrons. The van der Waals surface area contributed by atoms with Gasteiger partial charge in [-0.25, -0.2) is 0 Å². The number of rotatable bonds is 8. The maximum Gasteiger partial charge on any atom is 0.303 e. The average molecular weight is 536 g/mol. The summed E-state index contributed by atoms with van der Waals surface area (Å²) >= 11 is 0. The van der Waals surface area contributed by atoms with Crippen LogP contribution in [-0.2, 0) is 4.79 Å². The fourth-order valence-electron chi connectivity index (χ4n) is 4.71. The summed E-state index contributed by atoms with van der Waals surface area (Å²) in [5.41, 5.74) is 4.56. The topological polar surface area (TPSA) is 99.5 Å². The molecule has 0 spiro atoms. The number of hydrogen-bond donors (Lipinski definition) is 3. The highest BCUT2D eigenvalue weighted by Crippen LogP contribution is 2.47. The lowest BCUT2D eigenvalue weighted by Crippen LogP contribution is -2.49. The number of phenols is 2. The number of phenolic OH excluding ortho intramolecular Hbond substituents is 2. The molecule has 7 nitrogen and oxygen atoms in total. The van der Waals surface area contributed by atoms with Gasteiger partial charge in [0.2, 0.25) is 0 Å². The van der Waals surface area contributed by atoms with Crippen molar-refractivity contribution >= 4 is 17.1 Å². The summed E-state index contributed by atoms with van der Waals surface area (Å²) in [7, 11) is 0. The average Bonchev–Trinajstić information content (AvgIpc) is 2.91. The van der Waals surface area contributed by atoms with Crippen LogP contribution in [0.3, 0.4) is 0 Å². The highest BCUT2D eigenvalue weighted by atomic mass is 19.1. The van der Waals surface area contributed by atoms with Gasteiger partial charge in [0.15, 0.2) is 0 Å². The minimum absolute atomic E-state index is 0.176. The molecule has 0 bridgehead atoms. The molecular weight excluding hydrogens is 501 g/mol. The third-order valence-corrected chi connectivity index (χ3v) is 6.85. The first kappa shape index (κ1) is 28.0. The van der Waals surface area contributed by atoms with E-state index in [1.807, 2.05) is 43.3 Å². The highest BCUT2D eigenvalue weighted by molar-refractivity contribution is 5.95. The van der Waals surface area contributed by atoms with Crippen molar-refractivity contribution in [2.24, 2.45) is 5.92 Å². The Hall–Kier alpha value is -4.04. The molecule has 0 aromatic heterocycles. The van der Waals surface area contributed by atoms with Crippen molar-refractivity contribution in [2.75, 3.05) is 32.9 Å². The standard InChI is InChI=1S/C28H28FNO4.C3H6O2/c1-18-25-14-23(32)7-10-26(25)34-28(27(18)21-3-2-4-22(31)13-21)20-5-8-24(9-6-20)33-12-11-30-16-19(15-29)17-30;1-2-3(4)5/h2-10,13-14,19,28,31-32H,11-12,15-17H2,1H3;2H2,1H3,(H,4,5)/t28-;/m0./s1. The van der Waals surface area contributed by atoms with Crippen LogP contribution < -0.4 is 9.47 Å². The van der Waals surface area contributed by atoms with Crippen LogP contribution in [0.1, 0.15) is 43.1 Å². The van der Waals surface area contributed by atoms with Crippen LogP contribution in [0.4, 0.5) is 4.39 Å². The molecule has 1 atom stereocenters. The second-order valence-corrected chi connectivity index (χ2v) is 9.71. The van der Waals surface area contributed by atoms with Crippen LogP contribution >= 0.6 is 0 Å². The molecule has 0 amide bonds. The maximum atomic E-state index is 12.6. The molecule has 39 heavy (non-hydrogen) atoms. The van der Waals surface area contributed by atoms with Gasteiger partial charge in [-0.3, -0.25) is 14.1 Å². The fourth-order valence-corrected chi connectivity index (χ4v) is 4.71. The van der Waals surface area contributed by atoms with E-state index in [0.717, 1.165) is 53.2 Å². The fraction of sp³-hybridized carbons (Fsp3) is 0.323. The Labute approximate surface area is 227 Å². The summed E-state index contributed by atoms with van der Waals surface area (Å²) in [6.07, 6.45) is -0.161. The van der Waals surface area contributed by atoms with E-state index in [9.17, 15) is 19.4 Å². The van der Waals surface area contributed by atoms with E-state index >= 15 is 0 Å². The number of fused-ring (bicyclic) bond motifs is 1. The number of aliphatic carboxylic acids is 1. The Kier molecular flexibility index (Phi) is 9.09. The molecule has 2 heterocycles. The zero-order valence-corrected chi connectivity index (χ0v) is 22.1. The molecule has 0 aliphatic carbocycles. The van der Waals surface area contributed by atoms with Gasteiger partial charge in [-0.1, -0.05) is 31.2 Å². The number of hydrogen-bond acceptors (Lipinski definition) is 6. The summed E-state index contributed by atoms with van der Waals surface area (Å²) < 4.78 is 24.9. The van der Waals surface area contributed by atoms with Crippen LogP contribution in [0, 0.1) is 5.92 Å². The number of carboxylic acid groups (broad SMARTS) is 1. The summed E-state index contributed by atoms with van der Waals surface area (Å²) in [5.74, 6) is 1.27. The summed E-state index contributed by atoms with van der Waals surface area (Å²) in [4.78, 5) is 11.6. The summed E-state index contributed by atoms with van der Waals surface area (Å²) in [6.45, 7) is 6.32. The second-order valence-electron chi connectivity index (χ2n) is 9.71. The van der Waals surface area contributed by atoms with Crippen molar-refractivity contribution in [1.82, 2.24) is 4.90 Å². The Balaban J connectivity index is 0.000000648. The van der Waals surface area contributed by atoms with Crippen molar-refractivity contribution in [3.8, 4) is 23.0 Å². The zero-order valence-electron chi connectivity index (χ0n) is 22.1. The number of nitrogens with zero attached hydrogens (tertiary/aromatic N) is 1. The van der Waals surface area contributed by atoms with Gasteiger partial charge in [-0.15, -0.1) is 0 Å². The normalized spacial score (nSPS) is 16.8. The third kappa shape index (κ3) is 6.89. The molecule has 1 saturated heterocycles. The number of benzene rings is 3. The predicted octanol–water partition coefficient (Wildman–Crippen LogP) is 5.92. The third-order valence-electron chi connectivity index (χ3n) is 6.85. The van der Waals surface area contributed by atoms with Gasteiger partial charge in [0.1, 0.15) is 35.7 Å². The van der Waals surface area contributed by atoms with Gasteiger partial charge in [0.25, 0.3) is 0 Å². The SMILES string of the molecule is CC1=C(c2cccc(O)c2)[C@H](c2ccc(OCCN3CC(CF)C3)cc2)Oc2ccc(O)cc21.CCC(=O)O. The molecule has 0 unspecified atom stereocenters. The molecule has 3 aromatic carbocycles. The van der Waals surface area contributed by atoms with Gasteiger partial charge in [-0.05, 0) is 66.1 Å². The van der Waals surface area contributed by atoms with Gasteiger partial charge in [0.05, 0.1) is 6.67 Å². The van der Waals surface area contributed by atoms with Crippen LogP contribution in [0.2, 0.25) is 0 Å². The molecule has 5 rings (SSSR count). The first-order valence-electron chi connectivity index (χ1n) is 13.0. The second kappa shape index (κ2) is 12.7. The van der Waals surface area contributed by atoms with Crippen molar-refractivity contribution in [1.29, 1.82) is 0 Å². The van der Waals surface area contributed by atoms with E-state index in [-0.39, 0.29) is 36.6 Å². The lowest BCUT2D eigenvalue weighted by Gasteiger charge is -2.37. The number of ether oxygens (including phenoxy) is 2. The minimum atomic E-state index is -0.745. The van der Waals surface area contributed by atoms with Crippen LogP contribution in [-0.4, -0.2) is 59.1 Å². The monoisotopic (exact) mass is 535 g/mol. The van der Waals surface area contributed by atoms with E-state index in [1.165, 1.54) is 0 Å². The summed E-state index contributed by atoms with van der Waals surface area (Å²) in [5, 5.41) is 27.8. The van der Waals surface area contributed by atoms with Gasteiger partial charge in [0, 0.05) is 43.1 Å². The number of likely N-dealkylation sites (tertiary alicyclic amines) is 1. The van der Waals surface area contributed by atoms with Crippen LogP contribution in [0.15, 0.2) is 66.7 Å². The number of allylic oxidation sites excluding steroid dienone is 1. The van der Waals surface area contributed by atoms with Crippen LogP contribution in [0.25, 0.3) is 11.1 Å². The number of halogens is 1. The Morgan fingerprint density at radius 1 is 1.05 bits per heavy atom. The van der Waals surface area contributed by atoms with Crippen molar-refractivity contribution < 1.29 is 34.0 Å². The smallest absolute Gasteiger partial charge is 0.303 e. The number of aromatic hydroxyl groups is 2. The highest BCUT2D eigenvalue weighted by Gasteiger charge is 2.30. The van der Waals surface area contributed by atoms with Gasteiger partial charge in [-0.2, -0.15) is 0 Å². The van der Waals surface area contributed by atoms with Crippen molar-refractivity contribution in [3.63, 3.8) is 0 Å².